The molecule has 0 saturated carbocycles. The summed E-state index contributed by atoms with van der Waals surface area (Å²) in [7, 11) is 0. The quantitative estimate of drug-likeness (QED) is 0.881. The molecule has 0 saturated heterocycles. The van der Waals surface area contributed by atoms with Gasteiger partial charge in [0.2, 0.25) is 0 Å². The first-order valence-corrected chi connectivity index (χ1v) is 6.26. The third kappa shape index (κ3) is 1.71. The Labute approximate surface area is 103 Å². The highest BCUT2D eigenvalue weighted by molar-refractivity contribution is 7.05. The van der Waals surface area contributed by atoms with Gasteiger partial charge in [-0.05, 0) is 24.0 Å². The average molecular weight is 248 g/mol. The molecule has 3 rings (SSSR count). The van der Waals surface area contributed by atoms with Gasteiger partial charge in [0.05, 0.1) is 17.2 Å². The van der Waals surface area contributed by atoms with Crippen molar-refractivity contribution < 1.29 is 9.84 Å². The van der Waals surface area contributed by atoms with Crippen molar-refractivity contribution in [3.63, 3.8) is 0 Å². The highest BCUT2D eigenvalue weighted by Gasteiger charge is 2.24. The molecule has 2 aromatic rings. The lowest BCUT2D eigenvalue weighted by molar-refractivity contribution is 0.216. The van der Waals surface area contributed by atoms with E-state index in [1.54, 1.807) is 0 Å². The lowest BCUT2D eigenvalue weighted by atomic mass is 10.0. The van der Waals surface area contributed by atoms with Crippen LogP contribution in [0.5, 0.6) is 5.75 Å². The van der Waals surface area contributed by atoms with E-state index < -0.39 is 6.10 Å². The summed E-state index contributed by atoms with van der Waals surface area (Å²) < 4.78 is 9.45. The number of ether oxygens (including phenoxy) is 1. The third-order valence-corrected chi connectivity index (χ3v) is 3.85. The molecule has 1 aliphatic heterocycles. The standard InChI is InChI=1S/C12H12N2O2S/c1-7-12(17-14-13-7)10(15)9-4-2-3-8-5-6-16-11(8)9/h2-4,10,15H,5-6H2,1H3. The minimum absolute atomic E-state index is 0.692. The Morgan fingerprint density at radius 2 is 2.35 bits per heavy atom. The third-order valence-electron chi connectivity index (χ3n) is 2.97. The Balaban J connectivity index is 2.05. The SMILES string of the molecule is Cc1nnsc1C(O)c1cccc2c1OCC2. The van der Waals surface area contributed by atoms with Gasteiger partial charge in [0.1, 0.15) is 11.9 Å². The number of aliphatic hydroxyl groups is 1. The predicted molar refractivity (Wildman–Crippen MR) is 64.3 cm³/mol. The number of hydrogen-bond donors (Lipinski definition) is 1. The van der Waals surface area contributed by atoms with Crippen LogP contribution < -0.4 is 4.74 Å². The molecule has 1 aromatic carbocycles. The topological polar surface area (TPSA) is 55.2 Å². The van der Waals surface area contributed by atoms with Crippen LogP contribution in [0.4, 0.5) is 0 Å². The molecule has 1 unspecified atom stereocenters. The summed E-state index contributed by atoms with van der Waals surface area (Å²) in [6.45, 7) is 2.55. The lowest BCUT2D eigenvalue weighted by Crippen LogP contribution is -2.01. The first-order chi connectivity index (χ1) is 8.27. The van der Waals surface area contributed by atoms with Crippen molar-refractivity contribution in [1.29, 1.82) is 0 Å². The van der Waals surface area contributed by atoms with Crippen LogP contribution in [0.3, 0.4) is 0 Å². The van der Waals surface area contributed by atoms with Gasteiger partial charge in [0.15, 0.2) is 0 Å². The minimum atomic E-state index is -0.692. The fourth-order valence-corrected chi connectivity index (χ4v) is 2.74. The number of aryl methyl sites for hydroxylation is 1. The van der Waals surface area contributed by atoms with Crippen LogP contribution in [0.1, 0.15) is 27.8 Å². The number of benzene rings is 1. The van der Waals surface area contributed by atoms with Gasteiger partial charge in [-0.25, -0.2) is 0 Å². The normalized spacial score (nSPS) is 15.4. The molecule has 2 heterocycles. The van der Waals surface area contributed by atoms with E-state index in [0.717, 1.165) is 33.9 Å². The molecule has 0 amide bonds. The molecule has 4 nitrogen and oxygen atoms in total. The smallest absolute Gasteiger partial charge is 0.128 e. The average Bonchev–Trinajstić information content (AvgIpc) is 2.95. The summed E-state index contributed by atoms with van der Waals surface area (Å²) in [5.41, 5.74) is 2.75. The van der Waals surface area contributed by atoms with Crippen LogP contribution in [0.15, 0.2) is 18.2 Å². The van der Waals surface area contributed by atoms with E-state index in [2.05, 4.69) is 9.59 Å². The molecule has 1 aliphatic rings. The van der Waals surface area contributed by atoms with Crippen LogP contribution in [-0.2, 0) is 6.42 Å². The highest BCUT2D eigenvalue weighted by Crippen LogP contribution is 2.37. The molecule has 1 atom stereocenters. The van der Waals surface area contributed by atoms with Gasteiger partial charge in [-0.15, -0.1) is 5.10 Å². The van der Waals surface area contributed by atoms with Crippen molar-refractivity contribution in [2.45, 2.75) is 19.4 Å². The number of nitrogens with zero attached hydrogens (tertiary/aromatic N) is 2. The summed E-state index contributed by atoms with van der Waals surface area (Å²) in [6, 6.07) is 5.89. The summed E-state index contributed by atoms with van der Waals surface area (Å²) in [5.74, 6) is 0.827. The van der Waals surface area contributed by atoms with Crippen LogP contribution >= 0.6 is 11.5 Å². The summed E-state index contributed by atoms with van der Waals surface area (Å²) in [6.07, 6.45) is 0.221. The van der Waals surface area contributed by atoms with Crippen molar-refractivity contribution in [2.75, 3.05) is 6.61 Å². The first kappa shape index (κ1) is 10.7. The second-order valence-corrected chi connectivity index (χ2v) is 4.84. The molecular weight excluding hydrogens is 236 g/mol. The maximum atomic E-state index is 10.4. The molecule has 0 bridgehead atoms. The van der Waals surface area contributed by atoms with Crippen LogP contribution in [0.25, 0.3) is 0 Å². The molecule has 5 heteroatoms. The molecule has 0 fully saturated rings. The maximum absolute atomic E-state index is 10.4. The number of rotatable bonds is 2. The second kappa shape index (κ2) is 4.09. The number of hydrogen-bond acceptors (Lipinski definition) is 5. The Hall–Kier alpha value is -1.46. The van der Waals surface area contributed by atoms with Gasteiger partial charge >= 0.3 is 0 Å². The van der Waals surface area contributed by atoms with Gasteiger partial charge in [-0.3, -0.25) is 0 Å². The van der Waals surface area contributed by atoms with Crippen molar-refractivity contribution >= 4 is 11.5 Å². The number of aliphatic hydroxyl groups excluding tert-OH is 1. The van der Waals surface area contributed by atoms with Crippen LogP contribution in [-0.4, -0.2) is 21.3 Å². The van der Waals surface area contributed by atoms with Crippen molar-refractivity contribution in [1.82, 2.24) is 9.59 Å². The van der Waals surface area contributed by atoms with Gasteiger partial charge < -0.3 is 9.84 Å². The molecule has 0 spiro atoms. The number of fused-ring (bicyclic) bond motifs is 1. The fourth-order valence-electron chi connectivity index (χ4n) is 2.09. The summed E-state index contributed by atoms with van der Waals surface area (Å²) >= 11 is 1.23. The first-order valence-electron chi connectivity index (χ1n) is 5.49. The van der Waals surface area contributed by atoms with Gasteiger partial charge in [-0.1, -0.05) is 22.7 Å². The van der Waals surface area contributed by atoms with E-state index >= 15 is 0 Å². The Morgan fingerprint density at radius 3 is 3.12 bits per heavy atom. The van der Waals surface area contributed by atoms with Gasteiger partial charge in [-0.2, -0.15) is 0 Å². The van der Waals surface area contributed by atoms with E-state index in [1.807, 2.05) is 25.1 Å². The Bertz CT molecular complexity index is 553. The van der Waals surface area contributed by atoms with E-state index in [-0.39, 0.29) is 0 Å². The zero-order valence-corrected chi connectivity index (χ0v) is 10.2. The van der Waals surface area contributed by atoms with Crippen LogP contribution in [0.2, 0.25) is 0 Å². The highest BCUT2D eigenvalue weighted by atomic mass is 32.1. The zero-order valence-electron chi connectivity index (χ0n) is 9.38. The fraction of sp³-hybridized carbons (Fsp3) is 0.333. The number of aromatic nitrogens is 2. The molecule has 1 aromatic heterocycles. The van der Waals surface area contributed by atoms with Crippen LogP contribution in [0, 0.1) is 6.92 Å². The number of para-hydroxylation sites is 1. The van der Waals surface area contributed by atoms with Crippen molar-refractivity contribution in [3.8, 4) is 5.75 Å². The largest absolute Gasteiger partial charge is 0.493 e. The van der Waals surface area contributed by atoms with E-state index in [0.29, 0.717) is 6.61 Å². The molecule has 17 heavy (non-hydrogen) atoms. The predicted octanol–water partition coefficient (Wildman–Crippen LogP) is 1.86. The maximum Gasteiger partial charge on any atom is 0.128 e. The minimum Gasteiger partial charge on any atom is -0.493 e. The monoisotopic (exact) mass is 248 g/mol. The lowest BCUT2D eigenvalue weighted by Gasteiger charge is -2.13. The van der Waals surface area contributed by atoms with E-state index in [1.165, 1.54) is 11.5 Å². The van der Waals surface area contributed by atoms with Gasteiger partial charge in [0, 0.05) is 12.0 Å². The van der Waals surface area contributed by atoms with E-state index in [4.69, 9.17) is 4.74 Å². The van der Waals surface area contributed by atoms with Crippen molar-refractivity contribution in [3.05, 3.63) is 39.9 Å². The Kier molecular flexibility index (Phi) is 2.57. The molecule has 0 aliphatic carbocycles. The van der Waals surface area contributed by atoms with Gasteiger partial charge in [0.25, 0.3) is 0 Å². The summed E-state index contributed by atoms with van der Waals surface area (Å²) in [5, 5.41) is 14.3. The molecule has 0 radical (unpaired) electrons. The molecular formula is C12H12N2O2S. The zero-order chi connectivity index (χ0) is 11.8. The van der Waals surface area contributed by atoms with Crippen molar-refractivity contribution in [2.24, 2.45) is 0 Å². The molecule has 88 valence electrons. The second-order valence-electron chi connectivity index (χ2n) is 4.06. The molecule has 1 N–H and O–H groups in total. The Morgan fingerprint density at radius 1 is 1.47 bits per heavy atom. The summed E-state index contributed by atoms with van der Waals surface area (Å²) in [4.78, 5) is 0.786. The van der Waals surface area contributed by atoms with E-state index in [9.17, 15) is 5.11 Å².